The number of rotatable bonds is 5. The zero-order valence-electron chi connectivity index (χ0n) is 9.88. The molecule has 1 aromatic rings. The van der Waals surface area contributed by atoms with E-state index >= 15 is 0 Å². The van der Waals surface area contributed by atoms with Gasteiger partial charge in [0.15, 0.2) is 0 Å². The van der Waals surface area contributed by atoms with E-state index in [1.54, 1.807) is 0 Å². The van der Waals surface area contributed by atoms with Crippen molar-refractivity contribution in [2.75, 3.05) is 6.61 Å². The minimum absolute atomic E-state index is 0.180. The summed E-state index contributed by atoms with van der Waals surface area (Å²) in [5.74, 6) is 0. The molecule has 3 nitrogen and oxygen atoms in total. The van der Waals surface area contributed by atoms with Crippen LogP contribution in [0.4, 0.5) is 0 Å². The second kappa shape index (κ2) is 5.33. The van der Waals surface area contributed by atoms with Crippen molar-refractivity contribution in [1.82, 2.24) is 10.3 Å². The van der Waals surface area contributed by atoms with Crippen molar-refractivity contribution in [2.24, 2.45) is 5.41 Å². The fourth-order valence-electron chi connectivity index (χ4n) is 1.68. The predicted octanol–water partition coefficient (Wildman–Crippen LogP) is 1.90. The number of hydrogen-bond acceptors (Lipinski definition) is 2. The molecule has 1 atom stereocenters. The second-order valence-electron chi connectivity index (χ2n) is 5.03. The molecule has 0 amide bonds. The van der Waals surface area contributed by atoms with Crippen LogP contribution in [0.3, 0.4) is 0 Å². The predicted molar refractivity (Wildman–Crippen MR) is 62.6 cm³/mol. The van der Waals surface area contributed by atoms with Crippen molar-refractivity contribution >= 4 is 0 Å². The summed E-state index contributed by atoms with van der Waals surface area (Å²) in [6.07, 6.45) is 4.72. The van der Waals surface area contributed by atoms with E-state index in [1.807, 2.05) is 12.4 Å². The molecule has 1 aromatic heterocycles. The third kappa shape index (κ3) is 4.06. The second-order valence-corrected chi connectivity index (χ2v) is 5.03. The van der Waals surface area contributed by atoms with Crippen molar-refractivity contribution in [3.05, 3.63) is 24.0 Å². The highest BCUT2D eigenvalue weighted by Gasteiger charge is 2.23. The number of nitrogens with one attached hydrogen (secondary N) is 2. The Kier molecular flexibility index (Phi) is 4.36. The first-order valence-corrected chi connectivity index (χ1v) is 5.50. The molecule has 0 aromatic carbocycles. The lowest BCUT2D eigenvalue weighted by molar-refractivity contribution is 0.196. The van der Waals surface area contributed by atoms with Crippen LogP contribution in [-0.4, -0.2) is 22.7 Å². The lowest BCUT2D eigenvalue weighted by atomic mass is 9.85. The highest BCUT2D eigenvalue weighted by Crippen LogP contribution is 2.21. The number of aromatic nitrogens is 1. The zero-order valence-corrected chi connectivity index (χ0v) is 9.88. The van der Waals surface area contributed by atoms with Crippen LogP contribution in [-0.2, 0) is 6.54 Å². The quantitative estimate of drug-likeness (QED) is 0.695. The Morgan fingerprint density at radius 3 is 2.67 bits per heavy atom. The Labute approximate surface area is 91.9 Å². The lowest BCUT2D eigenvalue weighted by Crippen LogP contribution is -2.40. The molecule has 1 unspecified atom stereocenters. The van der Waals surface area contributed by atoms with Gasteiger partial charge in [0.25, 0.3) is 0 Å². The summed E-state index contributed by atoms with van der Waals surface area (Å²) in [6.45, 7) is 7.67. The van der Waals surface area contributed by atoms with E-state index in [4.69, 9.17) is 5.11 Å². The molecular formula is C12H22N2O. The number of hydrogen-bond donors (Lipinski definition) is 3. The summed E-state index contributed by atoms with van der Waals surface area (Å²) in [6, 6.07) is 2.41. The fraction of sp³-hybridized carbons (Fsp3) is 0.667. The Hall–Kier alpha value is -0.800. The zero-order chi connectivity index (χ0) is 11.3. The van der Waals surface area contributed by atoms with Crippen LogP contribution in [0, 0.1) is 5.41 Å². The molecule has 86 valence electrons. The van der Waals surface area contributed by atoms with Gasteiger partial charge in [-0.25, -0.2) is 0 Å². The summed E-state index contributed by atoms with van der Waals surface area (Å²) in [5.41, 5.74) is 1.43. The lowest BCUT2D eigenvalue weighted by Gasteiger charge is -2.31. The van der Waals surface area contributed by atoms with E-state index in [2.05, 4.69) is 37.1 Å². The summed E-state index contributed by atoms with van der Waals surface area (Å²) < 4.78 is 0. The van der Waals surface area contributed by atoms with Gasteiger partial charge in [0.1, 0.15) is 0 Å². The van der Waals surface area contributed by atoms with Gasteiger partial charge in [-0.15, -0.1) is 0 Å². The van der Waals surface area contributed by atoms with E-state index in [0.29, 0.717) is 6.04 Å². The van der Waals surface area contributed by atoms with Gasteiger partial charge in [-0.05, 0) is 23.5 Å². The van der Waals surface area contributed by atoms with Gasteiger partial charge in [-0.1, -0.05) is 20.8 Å². The Morgan fingerprint density at radius 1 is 1.47 bits per heavy atom. The molecule has 0 radical (unpaired) electrons. The fourth-order valence-corrected chi connectivity index (χ4v) is 1.68. The molecule has 15 heavy (non-hydrogen) atoms. The number of aromatic amines is 1. The number of aliphatic hydroxyl groups excluding tert-OH is 1. The highest BCUT2D eigenvalue weighted by atomic mass is 16.3. The molecule has 0 aliphatic rings. The van der Waals surface area contributed by atoms with Gasteiger partial charge in [-0.3, -0.25) is 0 Å². The van der Waals surface area contributed by atoms with Gasteiger partial charge in [0.05, 0.1) is 0 Å². The molecule has 0 fully saturated rings. The Balaban J connectivity index is 2.45. The van der Waals surface area contributed by atoms with Crippen LogP contribution >= 0.6 is 0 Å². The standard InChI is InChI=1S/C12H22N2O/c1-12(2,3)11(5-7-15)14-9-10-4-6-13-8-10/h4,6,8,11,13-15H,5,7,9H2,1-3H3. The maximum atomic E-state index is 9.01. The molecule has 0 bridgehead atoms. The van der Waals surface area contributed by atoms with Crippen molar-refractivity contribution in [3.63, 3.8) is 0 Å². The van der Waals surface area contributed by atoms with Crippen LogP contribution in [0.1, 0.15) is 32.8 Å². The molecule has 0 saturated carbocycles. The number of H-pyrrole nitrogens is 1. The smallest absolute Gasteiger partial charge is 0.0446 e. The molecule has 1 rings (SSSR count). The summed E-state index contributed by atoms with van der Waals surface area (Å²) in [7, 11) is 0. The Bertz CT molecular complexity index is 262. The molecule has 3 heteroatoms. The van der Waals surface area contributed by atoms with Gasteiger partial charge in [0, 0.05) is 31.6 Å². The van der Waals surface area contributed by atoms with Crippen LogP contribution in [0.5, 0.6) is 0 Å². The molecule has 3 N–H and O–H groups in total. The molecule has 0 spiro atoms. The minimum Gasteiger partial charge on any atom is -0.396 e. The third-order valence-electron chi connectivity index (χ3n) is 2.68. The normalized spacial score (nSPS) is 14.1. The first kappa shape index (κ1) is 12.3. The van der Waals surface area contributed by atoms with Crippen molar-refractivity contribution in [3.8, 4) is 0 Å². The molecule has 0 aliphatic heterocycles. The maximum Gasteiger partial charge on any atom is 0.0446 e. The van der Waals surface area contributed by atoms with Crippen molar-refractivity contribution in [1.29, 1.82) is 0 Å². The van der Waals surface area contributed by atoms with Crippen molar-refractivity contribution < 1.29 is 5.11 Å². The summed E-state index contributed by atoms with van der Waals surface area (Å²) >= 11 is 0. The van der Waals surface area contributed by atoms with Crippen LogP contribution in [0.25, 0.3) is 0 Å². The average molecular weight is 210 g/mol. The van der Waals surface area contributed by atoms with E-state index in [9.17, 15) is 0 Å². The molecule has 0 aliphatic carbocycles. The molecule has 0 saturated heterocycles. The van der Waals surface area contributed by atoms with Crippen LogP contribution in [0.2, 0.25) is 0 Å². The first-order chi connectivity index (χ1) is 7.04. The van der Waals surface area contributed by atoms with E-state index in [0.717, 1.165) is 13.0 Å². The van der Waals surface area contributed by atoms with Gasteiger partial charge in [-0.2, -0.15) is 0 Å². The van der Waals surface area contributed by atoms with E-state index in [1.165, 1.54) is 5.56 Å². The SMILES string of the molecule is CC(C)(C)C(CCO)NCc1cc[nH]c1. The van der Waals surface area contributed by atoms with Crippen molar-refractivity contribution in [2.45, 2.75) is 39.8 Å². The maximum absolute atomic E-state index is 9.01. The van der Waals surface area contributed by atoms with E-state index in [-0.39, 0.29) is 12.0 Å². The summed E-state index contributed by atoms with van der Waals surface area (Å²) in [5, 5.41) is 12.5. The minimum atomic E-state index is 0.180. The van der Waals surface area contributed by atoms with Gasteiger partial charge in [0.2, 0.25) is 0 Å². The largest absolute Gasteiger partial charge is 0.396 e. The Morgan fingerprint density at radius 2 is 2.20 bits per heavy atom. The molecule has 1 heterocycles. The van der Waals surface area contributed by atoms with Crippen LogP contribution < -0.4 is 5.32 Å². The highest BCUT2D eigenvalue weighted by molar-refractivity contribution is 5.08. The first-order valence-electron chi connectivity index (χ1n) is 5.50. The number of aliphatic hydroxyl groups is 1. The van der Waals surface area contributed by atoms with Crippen LogP contribution in [0.15, 0.2) is 18.5 Å². The topological polar surface area (TPSA) is 48.0 Å². The monoisotopic (exact) mass is 210 g/mol. The van der Waals surface area contributed by atoms with Gasteiger partial charge < -0.3 is 15.4 Å². The molecular weight excluding hydrogens is 188 g/mol. The van der Waals surface area contributed by atoms with Gasteiger partial charge >= 0.3 is 0 Å². The van der Waals surface area contributed by atoms with E-state index < -0.39 is 0 Å². The summed E-state index contributed by atoms with van der Waals surface area (Å²) in [4.78, 5) is 3.03. The average Bonchev–Trinajstić information content (AvgIpc) is 2.62. The third-order valence-corrected chi connectivity index (χ3v) is 2.68.